The molecule has 0 radical (unpaired) electrons. The molecule has 166 valence electrons. The fourth-order valence-electron chi connectivity index (χ4n) is 1.99. The van der Waals surface area contributed by atoms with Crippen LogP contribution in [0.25, 0.3) is 0 Å². The third-order valence-electron chi connectivity index (χ3n) is 3.30. The van der Waals surface area contributed by atoms with E-state index in [1.165, 1.54) is 19.1 Å². The molecule has 0 spiro atoms. The van der Waals surface area contributed by atoms with Crippen LogP contribution >= 0.6 is 0 Å². The molecule has 30 heavy (non-hydrogen) atoms. The number of nitrogens with two attached hydrogens (primary N) is 1. The van der Waals surface area contributed by atoms with Gasteiger partial charge in [-0.3, -0.25) is 15.5 Å². The number of nitrogens with zero attached hydrogens (tertiary/aromatic N) is 3. The molecule has 5 N–H and O–H groups in total. The summed E-state index contributed by atoms with van der Waals surface area (Å²) in [6.45, 7) is 3.35. The molecule has 0 aliphatic carbocycles. The lowest BCUT2D eigenvalue weighted by Gasteiger charge is -2.07. The van der Waals surface area contributed by atoms with E-state index in [2.05, 4.69) is 30.4 Å². The smallest absolute Gasteiger partial charge is 0.287 e. The summed E-state index contributed by atoms with van der Waals surface area (Å²) in [5.74, 6) is -0.508. The highest BCUT2D eigenvalue weighted by atomic mass is 32.2. The van der Waals surface area contributed by atoms with Gasteiger partial charge in [-0.1, -0.05) is 6.92 Å². The second-order valence-corrected chi connectivity index (χ2v) is 6.88. The Kier molecular flexibility index (Phi) is 11.1. The largest absolute Gasteiger partial charge is 0.472 e. The van der Waals surface area contributed by atoms with E-state index in [4.69, 9.17) is 9.53 Å². The Labute approximate surface area is 173 Å². The van der Waals surface area contributed by atoms with Crippen LogP contribution in [0, 0.1) is 5.82 Å². The van der Waals surface area contributed by atoms with Crippen molar-refractivity contribution in [3.63, 3.8) is 0 Å². The molecule has 0 aliphatic heterocycles. The van der Waals surface area contributed by atoms with Crippen LogP contribution in [0.4, 0.5) is 14.5 Å². The van der Waals surface area contributed by atoms with Crippen molar-refractivity contribution in [2.24, 2.45) is 10.7 Å². The molecule has 0 bridgehead atoms. The van der Waals surface area contributed by atoms with Gasteiger partial charge in [0.25, 0.3) is 5.88 Å². The molecule has 14 heteroatoms. The zero-order valence-electron chi connectivity index (χ0n) is 16.2. The number of ether oxygens (including phenoxy) is 1. The highest BCUT2D eigenvalue weighted by Gasteiger charge is 2.19. The van der Waals surface area contributed by atoms with Gasteiger partial charge in [0.2, 0.25) is 12.1 Å². The maximum absolute atomic E-state index is 13.6. The average Bonchev–Trinajstić information content (AvgIpc) is 3.19. The normalized spacial score (nSPS) is 13.0. The summed E-state index contributed by atoms with van der Waals surface area (Å²) in [6, 6.07) is 3.57. The molecular formula is C16H22F2N6O5S. The first-order valence-corrected chi connectivity index (χ1v) is 9.85. The van der Waals surface area contributed by atoms with Crippen molar-refractivity contribution in [2.75, 3.05) is 18.9 Å². The minimum absolute atomic E-state index is 0.0479. The number of amides is 1. The van der Waals surface area contributed by atoms with Crippen LogP contribution in [-0.4, -0.2) is 50.9 Å². The highest BCUT2D eigenvalue weighted by Crippen LogP contribution is 2.26. The molecule has 0 aliphatic rings. The van der Waals surface area contributed by atoms with Gasteiger partial charge in [0.15, 0.2) is 5.84 Å². The van der Waals surface area contributed by atoms with Gasteiger partial charge >= 0.3 is 0 Å². The Morgan fingerprint density at radius 3 is 2.80 bits per heavy atom. The standard InChI is InChI=1S/C15H19F2N5O4S.CH3NO/c1-3-27(24)18-6-7-25-15-13(21-26-22-15)14(20-23)19-10-4-5-12(17)11(8-10)9(2)16;2-1-3/h4-5,8-9,18,23H,3,6-7H2,1-2H3,(H,19,20);1H,(H2,2,3). The highest BCUT2D eigenvalue weighted by molar-refractivity contribution is 7.82. The Bertz CT molecular complexity index is 864. The number of carbonyl (C=O) groups is 1. The number of benzene rings is 1. The van der Waals surface area contributed by atoms with Crippen LogP contribution in [0.5, 0.6) is 5.88 Å². The molecule has 0 fully saturated rings. The summed E-state index contributed by atoms with van der Waals surface area (Å²) in [4.78, 5) is 12.6. The van der Waals surface area contributed by atoms with E-state index in [1.807, 2.05) is 5.48 Å². The predicted molar refractivity (Wildman–Crippen MR) is 104 cm³/mol. The second-order valence-electron chi connectivity index (χ2n) is 5.33. The Morgan fingerprint density at radius 2 is 2.20 bits per heavy atom. The molecular weight excluding hydrogens is 426 g/mol. The van der Waals surface area contributed by atoms with Gasteiger partial charge in [-0.15, -0.1) is 0 Å². The molecule has 2 aromatic rings. The van der Waals surface area contributed by atoms with E-state index < -0.39 is 23.0 Å². The van der Waals surface area contributed by atoms with Crippen molar-refractivity contribution >= 4 is 28.9 Å². The summed E-state index contributed by atoms with van der Waals surface area (Å²) in [5, 5.41) is 16.5. The van der Waals surface area contributed by atoms with Gasteiger partial charge < -0.3 is 10.5 Å². The van der Waals surface area contributed by atoms with E-state index in [-0.39, 0.29) is 48.2 Å². The first-order valence-electron chi connectivity index (χ1n) is 8.53. The fraction of sp³-hybridized carbons (Fsp3) is 0.375. The lowest BCUT2D eigenvalue weighted by Crippen LogP contribution is -2.25. The zero-order valence-corrected chi connectivity index (χ0v) is 17.0. The number of hydrogen-bond donors (Lipinski definition) is 4. The lowest BCUT2D eigenvalue weighted by atomic mass is 10.1. The van der Waals surface area contributed by atoms with Gasteiger partial charge in [-0.25, -0.2) is 27.3 Å². The third-order valence-corrected chi connectivity index (χ3v) is 4.35. The number of rotatable bonds is 9. The third kappa shape index (κ3) is 7.81. The van der Waals surface area contributed by atoms with Gasteiger partial charge in [0.05, 0.1) is 16.7 Å². The number of halogens is 2. The van der Waals surface area contributed by atoms with Crippen LogP contribution in [0.2, 0.25) is 0 Å². The molecule has 1 aromatic carbocycles. The summed E-state index contributed by atoms with van der Waals surface area (Å²) < 4.78 is 51.0. The molecule has 1 aromatic heterocycles. The quantitative estimate of drug-likeness (QED) is 0.145. The second kappa shape index (κ2) is 13.3. The Hall–Kier alpha value is -2.97. The minimum Gasteiger partial charge on any atom is -0.472 e. The Balaban J connectivity index is 0.00000141. The van der Waals surface area contributed by atoms with Gasteiger partial charge in [-0.05, 0) is 35.4 Å². The van der Waals surface area contributed by atoms with E-state index in [0.29, 0.717) is 5.75 Å². The molecule has 11 nitrogen and oxygen atoms in total. The van der Waals surface area contributed by atoms with Gasteiger partial charge in [-0.2, -0.15) is 0 Å². The number of aromatic nitrogens is 2. The number of aliphatic imine (C=N–C) groups is 1. The van der Waals surface area contributed by atoms with E-state index in [0.717, 1.165) is 6.07 Å². The summed E-state index contributed by atoms with van der Waals surface area (Å²) in [5.41, 5.74) is 5.95. The maximum atomic E-state index is 13.6. The number of amidine groups is 1. The van der Waals surface area contributed by atoms with Crippen molar-refractivity contribution < 1.29 is 32.4 Å². The van der Waals surface area contributed by atoms with Gasteiger partial charge in [0, 0.05) is 17.9 Å². The van der Waals surface area contributed by atoms with Crippen LogP contribution in [0.15, 0.2) is 27.8 Å². The summed E-state index contributed by atoms with van der Waals surface area (Å²) >= 11 is 0. The predicted octanol–water partition coefficient (Wildman–Crippen LogP) is 1.05. The molecule has 1 heterocycles. The zero-order chi connectivity index (χ0) is 22.5. The maximum Gasteiger partial charge on any atom is 0.287 e. The summed E-state index contributed by atoms with van der Waals surface area (Å²) in [6.07, 6.45) is -1.28. The van der Waals surface area contributed by atoms with Crippen molar-refractivity contribution in [3.05, 3.63) is 35.3 Å². The van der Waals surface area contributed by atoms with Crippen molar-refractivity contribution in [1.29, 1.82) is 0 Å². The molecule has 1 amide bonds. The molecule has 0 saturated carbocycles. The first kappa shape index (κ1) is 25.1. The fourth-order valence-corrected chi connectivity index (χ4v) is 2.51. The van der Waals surface area contributed by atoms with Gasteiger partial charge in [0.1, 0.15) is 18.6 Å². The number of hydroxylamine groups is 1. The van der Waals surface area contributed by atoms with Crippen molar-refractivity contribution in [2.45, 2.75) is 20.0 Å². The topological polar surface area (TPSA) is 165 Å². The molecule has 2 atom stereocenters. The number of nitrogens with one attached hydrogen (secondary N) is 2. The van der Waals surface area contributed by atoms with Crippen molar-refractivity contribution in [3.8, 4) is 5.88 Å². The average molecular weight is 448 g/mol. The summed E-state index contributed by atoms with van der Waals surface area (Å²) in [7, 11) is -1.15. The SMILES string of the molecule is CCS(=O)NCCOc1nonc1C(=Nc1ccc(F)c(C(C)F)c1)NO.NC=O. The monoisotopic (exact) mass is 448 g/mol. The van der Waals surface area contributed by atoms with Crippen LogP contribution in [-0.2, 0) is 15.8 Å². The Morgan fingerprint density at radius 1 is 1.50 bits per heavy atom. The number of hydrogen-bond acceptors (Lipinski definition) is 8. The number of primary amides is 1. The first-order chi connectivity index (χ1) is 14.4. The van der Waals surface area contributed by atoms with Crippen LogP contribution in [0.1, 0.15) is 31.3 Å². The molecule has 2 rings (SSSR count). The molecule has 0 saturated heterocycles. The van der Waals surface area contributed by atoms with E-state index in [1.54, 1.807) is 6.92 Å². The number of carbonyl (C=O) groups excluding carboxylic acids is 1. The van der Waals surface area contributed by atoms with E-state index in [9.17, 15) is 18.2 Å². The molecule has 2 unspecified atom stereocenters. The van der Waals surface area contributed by atoms with E-state index >= 15 is 0 Å². The van der Waals surface area contributed by atoms with Crippen LogP contribution in [0.3, 0.4) is 0 Å². The minimum atomic E-state index is -1.53. The lowest BCUT2D eigenvalue weighted by molar-refractivity contribution is -0.106. The number of alkyl halides is 1. The van der Waals surface area contributed by atoms with Crippen molar-refractivity contribution in [1.82, 2.24) is 20.5 Å². The van der Waals surface area contributed by atoms with Crippen LogP contribution < -0.4 is 20.7 Å².